The van der Waals surface area contributed by atoms with E-state index in [1.165, 1.54) is 0 Å². The second-order valence-corrected chi connectivity index (χ2v) is 4.62. The van der Waals surface area contributed by atoms with E-state index in [0.717, 1.165) is 12.8 Å². The molecular weight excluding hydrogens is 180 g/mol. The van der Waals surface area contributed by atoms with Crippen LogP contribution >= 0.6 is 0 Å². The fourth-order valence-corrected chi connectivity index (χ4v) is 1.15. The summed E-state index contributed by atoms with van der Waals surface area (Å²) in [4.78, 5) is 11.3. The van der Waals surface area contributed by atoms with E-state index < -0.39 is 11.8 Å². The van der Waals surface area contributed by atoms with Crippen molar-refractivity contribution in [2.75, 3.05) is 0 Å². The average molecular weight is 198 g/mol. The van der Waals surface area contributed by atoms with E-state index in [2.05, 4.69) is 6.58 Å². The summed E-state index contributed by atoms with van der Waals surface area (Å²) in [6.45, 7) is 9.08. The second-order valence-electron chi connectivity index (χ2n) is 4.62. The fourth-order valence-electron chi connectivity index (χ4n) is 1.15. The third kappa shape index (κ3) is 3.81. The van der Waals surface area contributed by atoms with Gasteiger partial charge in [-0.15, -0.1) is 0 Å². The number of rotatable bonds is 3. The van der Waals surface area contributed by atoms with Crippen LogP contribution in [-0.2, 0) is 9.47 Å². The molecule has 1 aliphatic rings. The molecule has 0 aromatic heterocycles. The molecule has 0 saturated heterocycles. The van der Waals surface area contributed by atoms with Gasteiger partial charge in [0.25, 0.3) is 0 Å². The average Bonchev–Trinajstić information content (AvgIpc) is 2.78. The maximum absolute atomic E-state index is 11.3. The molecule has 14 heavy (non-hydrogen) atoms. The first kappa shape index (κ1) is 11.1. The molecule has 0 N–H and O–H groups in total. The van der Waals surface area contributed by atoms with E-state index in [1.54, 1.807) is 6.08 Å². The predicted molar refractivity (Wildman–Crippen MR) is 54.0 cm³/mol. The van der Waals surface area contributed by atoms with Crippen molar-refractivity contribution in [2.45, 2.75) is 45.3 Å². The maximum atomic E-state index is 11.3. The van der Waals surface area contributed by atoms with Crippen molar-refractivity contribution in [2.24, 2.45) is 5.92 Å². The molecule has 1 atom stereocenters. The zero-order valence-electron chi connectivity index (χ0n) is 9.08. The minimum atomic E-state index is -0.602. The van der Waals surface area contributed by atoms with Gasteiger partial charge in [-0.25, -0.2) is 4.79 Å². The van der Waals surface area contributed by atoms with Crippen LogP contribution in [-0.4, -0.2) is 17.9 Å². The Morgan fingerprint density at radius 3 is 2.43 bits per heavy atom. The molecule has 0 bridgehead atoms. The predicted octanol–water partition coefficient (Wildman–Crippen LogP) is 2.90. The minimum Gasteiger partial charge on any atom is -0.429 e. The Bertz CT molecular complexity index is 223. The van der Waals surface area contributed by atoms with E-state index >= 15 is 0 Å². The second kappa shape index (κ2) is 4.03. The van der Waals surface area contributed by atoms with Crippen molar-refractivity contribution in [3.8, 4) is 0 Å². The van der Waals surface area contributed by atoms with E-state index in [1.807, 2.05) is 20.8 Å². The monoisotopic (exact) mass is 198 g/mol. The van der Waals surface area contributed by atoms with Crippen molar-refractivity contribution in [3.63, 3.8) is 0 Å². The van der Waals surface area contributed by atoms with Gasteiger partial charge in [-0.2, -0.15) is 0 Å². The fraction of sp³-hybridized carbons (Fsp3) is 0.727. The van der Waals surface area contributed by atoms with Crippen molar-refractivity contribution in [3.05, 3.63) is 12.7 Å². The zero-order chi connectivity index (χ0) is 10.8. The van der Waals surface area contributed by atoms with Crippen LogP contribution in [0.15, 0.2) is 12.7 Å². The van der Waals surface area contributed by atoms with E-state index in [9.17, 15) is 4.79 Å². The van der Waals surface area contributed by atoms with Crippen molar-refractivity contribution in [1.29, 1.82) is 0 Å². The van der Waals surface area contributed by atoms with Gasteiger partial charge >= 0.3 is 6.16 Å². The molecule has 0 aromatic rings. The molecule has 1 saturated carbocycles. The third-order valence-electron chi connectivity index (χ3n) is 1.94. The summed E-state index contributed by atoms with van der Waals surface area (Å²) in [5.41, 5.74) is -0.494. The maximum Gasteiger partial charge on any atom is 0.509 e. The molecule has 1 aliphatic carbocycles. The molecular formula is C11H18O3. The highest BCUT2D eigenvalue weighted by Gasteiger charge is 2.33. The Morgan fingerprint density at radius 1 is 1.50 bits per heavy atom. The molecule has 80 valence electrons. The van der Waals surface area contributed by atoms with E-state index in [4.69, 9.17) is 9.47 Å². The van der Waals surface area contributed by atoms with Gasteiger partial charge in [-0.3, -0.25) is 0 Å². The summed E-state index contributed by atoms with van der Waals surface area (Å²) in [7, 11) is 0. The molecule has 3 heteroatoms. The summed E-state index contributed by atoms with van der Waals surface area (Å²) in [6.07, 6.45) is 3.11. The molecule has 0 aromatic carbocycles. The van der Waals surface area contributed by atoms with Crippen LogP contribution in [0, 0.1) is 5.92 Å². The lowest BCUT2D eigenvalue weighted by atomic mass is 10.2. The van der Waals surface area contributed by atoms with Gasteiger partial charge in [0.2, 0.25) is 0 Å². The lowest BCUT2D eigenvalue weighted by Gasteiger charge is -2.21. The third-order valence-corrected chi connectivity index (χ3v) is 1.94. The molecule has 1 unspecified atom stereocenters. The number of hydrogen-bond acceptors (Lipinski definition) is 3. The summed E-state index contributed by atoms with van der Waals surface area (Å²) in [5.74, 6) is 0.458. The zero-order valence-corrected chi connectivity index (χ0v) is 9.08. The summed E-state index contributed by atoms with van der Waals surface area (Å²) in [6, 6.07) is 0. The van der Waals surface area contributed by atoms with E-state index in [0.29, 0.717) is 5.92 Å². The molecule has 1 fully saturated rings. The summed E-state index contributed by atoms with van der Waals surface area (Å²) >= 11 is 0. The van der Waals surface area contributed by atoms with Crippen LogP contribution in [0.4, 0.5) is 4.79 Å². The Balaban J connectivity index is 2.34. The van der Waals surface area contributed by atoms with Crippen molar-refractivity contribution >= 4 is 6.16 Å². The Labute approximate surface area is 85.1 Å². The molecule has 0 aliphatic heterocycles. The molecule has 3 nitrogen and oxygen atoms in total. The highest BCUT2D eigenvalue weighted by molar-refractivity contribution is 5.61. The van der Waals surface area contributed by atoms with Crippen LogP contribution in [0.25, 0.3) is 0 Å². The standard InChI is InChI=1S/C11H18O3/c1-5-9(8-6-7-8)13-10(12)14-11(2,3)4/h5,8-9H,1,6-7H2,2-4H3. The molecule has 0 heterocycles. The van der Waals surface area contributed by atoms with Crippen molar-refractivity contribution in [1.82, 2.24) is 0 Å². The number of carbonyl (C=O) groups is 1. The normalized spacial score (nSPS) is 18.5. The first-order chi connectivity index (χ1) is 6.42. The number of hydrogen-bond donors (Lipinski definition) is 0. The molecule has 0 radical (unpaired) electrons. The van der Waals surface area contributed by atoms with Crippen LogP contribution in [0.5, 0.6) is 0 Å². The van der Waals surface area contributed by atoms with Gasteiger partial charge < -0.3 is 9.47 Å². The number of carbonyl (C=O) groups excluding carboxylic acids is 1. The van der Waals surface area contributed by atoms with Gasteiger partial charge in [-0.1, -0.05) is 12.7 Å². The summed E-state index contributed by atoms with van der Waals surface area (Å²) in [5, 5.41) is 0. The molecule has 0 amide bonds. The highest BCUT2D eigenvalue weighted by atomic mass is 16.7. The van der Waals surface area contributed by atoms with Crippen LogP contribution < -0.4 is 0 Å². The summed E-state index contributed by atoms with van der Waals surface area (Å²) < 4.78 is 10.2. The SMILES string of the molecule is C=CC(OC(=O)OC(C)(C)C)C1CC1. The van der Waals surface area contributed by atoms with Crippen LogP contribution in [0.3, 0.4) is 0 Å². The highest BCUT2D eigenvalue weighted by Crippen LogP contribution is 2.35. The number of ether oxygens (including phenoxy) is 2. The molecule has 0 spiro atoms. The topological polar surface area (TPSA) is 35.5 Å². The Hall–Kier alpha value is -0.990. The lowest BCUT2D eigenvalue weighted by Crippen LogP contribution is -2.27. The largest absolute Gasteiger partial charge is 0.509 e. The van der Waals surface area contributed by atoms with Crippen LogP contribution in [0.1, 0.15) is 33.6 Å². The van der Waals surface area contributed by atoms with Gasteiger partial charge in [-0.05, 0) is 39.5 Å². The quantitative estimate of drug-likeness (QED) is 0.516. The van der Waals surface area contributed by atoms with Crippen molar-refractivity contribution < 1.29 is 14.3 Å². The Morgan fingerprint density at radius 2 is 2.07 bits per heavy atom. The van der Waals surface area contributed by atoms with Gasteiger partial charge in [0.15, 0.2) is 0 Å². The first-order valence-electron chi connectivity index (χ1n) is 4.94. The van der Waals surface area contributed by atoms with Gasteiger partial charge in [0.05, 0.1) is 0 Å². The lowest BCUT2D eigenvalue weighted by molar-refractivity contribution is -0.0216. The first-order valence-corrected chi connectivity index (χ1v) is 4.94. The van der Waals surface area contributed by atoms with Gasteiger partial charge in [0, 0.05) is 0 Å². The van der Waals surface area contributed by atoms with Crippen LogP contribution in [0.2, 0.25) is 0 Å². The van der Waals surface area contributed by atoms with E-state index in [-0.39, 0.29) is 6.10 Å². The smallest absolute Gasteiger partial charge is 0.429 e. The Kier molecular flexibility index (Phi) is 3.19. The van der Waals surface area contributed by atoms with Gasteiger partial charge in [0.1, 0.15) is 11.7 Å². The molecule has 1 rings (SSSR count). The minimum absolute atomic E-state index is 0.176.